The third kappa shape index (κ3) is 4.19. The van der Waals surface area contributed by atoms with Crippen molar-refractivity contribution < 1.29 is 13.2 Å². The first-order chi connectivity index (χ1) is 11.9. The Labute approximate surface area is 154 Å². The van der Waals surface area contributed by atoms with Gasteiger partial charge in [0.1, 0.15) is 10.0 Å². The second kappa shape index (κ2) is 7.92. The Morgan fingerprint density at radius 2 is 1.84 bits per heavy atom. The molecule has 2 aliphatic rings. The first-order valence-electron chi connectivity index (χ1n) is 8.89. The van der Waals surface area contributed by atoms with E-state index in [0.29, 0.717) is 24.7 Å². The number of piperidine rings is 1. The summed E-state index contributed by atoms with van der Waals surface area (Å²) >= 11 is 6.16. The van der Waals surface area contributed by atoms with E-state index in [9.17, 15) is 8.42 Å². The Morgan fingerprint density at radius 1 is 1.20 bits per heavy atom. The highest BCUT2D eigenvalue weighted by atomic mass is 35.5. The van der Waals surface area contributed by atoms with Crippen molar-refractivity contribution >= 4 is 21.6 Å². The summed E-state index contributed by atoms with van der Waals surface area (Å²) in [5.41, 5.74) is 0.460. The molecule has 2 fully saturated rings. The Balaban J connectivity index is 1.56. The highest BCUT2D eigenvalue weighted by molar-refractivity contribution is 7.89. The summed E-state index contributed by atoms with van der Waals surface area (Å²) < 4.78 is 34.2. The van der Waals surface area contributed by atoms with Crippen LogP contribution in [0.2, 0.25) is 5.15 Å². The minimum atomic E-state index is -3.57. The Kier molecular flexibility index (Phi) is 6.05. The Morgan fingerprint density at radius 3 is 2.40 bits per heavy atom. The van der Waals surface area contributed by atoms with Crippen LogP contribution in [0.1, 0.15) is 25.0 Å². The molecule has 0 bridgehead atoms. The molecule has 1 aromatic rings. The van der Waals surface area contributed by atoms with Gasteiger partial charge in [0.05, 0.1) is 18.9 Å². The van der Waals surface area contributed by atoms with Gasteiger partial charge in [0.2, 0.25) is 10.0 Å². The van der Waals surface area contributed by atoms with Gasteiger partial charge >= 0.3 is 0 Å². The fourth-order valence-electron chi connectivity index (χ4n) is 3.66. The van der Waals surface area contributed by atoms with Gasteiger partial charge in [-0.05, 0) is 38.6 Å². The van der Waals surface area contributed by atoms with Gasteiger partial charge in [-0.15, -0.1) is 0 Å². The molecule has 1 aromatic heterocycles. The molecule has 0 saturated carbocycles. The van der Waals surface area contributed by atoms with Gasteiger partial charge in [-0.1, -0.05) is 11.6 Å². The van der Waals surface area contributed by atoms with Crippen LogP contribution in [0.3, 0.4) is 0 Å². The summed E-state index contributed by atoms with van der Waals surface area (Å²) in [6.45, 7) is 7.53. The van der Waals surface area contributed by atoms with E-state index in [2.05, 4.69) is 10.00 Å². The number of sulfonamides is 1. The number of aromatic nitrogens is 2. The minimum absolute atomic E-state index is 0.156. The molecule has 25 heavy (non-hydrogen) atoms. The second-order valence-corrected chi connectivity index (χ2v) is 9.15. The van der Waals surface area contributed by atoms with E-state index in [1.54, 1.807) is 18.3 Å². The van der Waals surface area contributed by atoms with Crippen LogP contribution in [-0.4, -0.2) is 73.3 Å². The minimum Gasteiger partial charge on any atom is -0.379 e. The van der Waals surface area contributed by atoms with E-state index in [-0.39, 0.29) is 10.0 Å². The molecule has 0 aliphatic carbocycles. The first-order valence-corrected chi connectivity index (χ1v) is 10.7. The van der Waals surface area contributed by atoms with Gasteiger partial charge < -0.3 is 4.74 Å². The highest BCUT2D eigenvalue weighted by Gasteiger charge is 2.34. The fourth-order valence-corrected chi connectivity index (χ4v) is 5.84. The first kappa shape index (κ1) is 19.1. The maximum Gasteiger partial charge on any atom is 0.248 e. The number of morpholine rings is 1. The smallest absolute Gasteiger partial charge is 0.248 e. The lowest BCUT2D eigenvalue weighted by Crippen LogP contribution is -2.41. The summed E-state index contributed by atoms with van der Waals surface area (Å²) in [4.78, 5) is 2.59. The number of hydrogen-bond donors (Lipinski definition) is 0. The normalized spacial score (nSPS) is 21.7. The van der Waals surface area contributed by atoms with Crippen LogP contribution in [0.4, 0.5) is 0 Å². The average molecular weight is 391 g/mol. The number of nitrogens with zero attached hydrogens (tertiary/aromatic N) is 4. The lowest BCUT2D eigenvalue weighted by atomic mass is 9.94. The molecule has 0 spiro atoms. The van der Waals surface area contributed by atoms with E-state index in [0.717, 1.165) is 52.1 Å². The van der Waals surface area contributed by atoms with E-state index in [4.69, 9.17) is 16.3 Å². The number of aryl methyl sites for hydroxylation is 2. The van der Waals surface area contributed by atoms with Crippen LogP contribution >= 0.6 is 11.6 Å². The van der Waals surface area contributed by atoms with E-state index in [1.807, 2.05) is 0 Å². The molecule has 0 radical (unpaired) electrons. The molecule has 0 unspecified atom stereocenters. The number of hydrogen-bond acceptors (Lipinski definition) is 5. The van der Waals surface area contributed by atoms with Crippen molar-refractivity contribution in [3.05, 3.63) is 10.8 Å². The van der Waals surface area contributed by atoms with Gasteiger partial charge in [-0.3, -0.25) is 9.58 Å². The van der Waals surface area contributed by atoms with E-state index >= 15 is 0 Å². The predicted octanol–water partition coefficient (Wildman–Crippen LogP) is 1.50. The molecule has 9 heteroatoms. The van der Waals surface area contributed by atoms with Crippen LogP contribution < -0.4 is 0 Å². The summed E-state index contributed by atoms with van der Waals surface area (Å²) in [6.07, 6.45) is 2.93. The molecule has 3 rings (SSSR count). The topological polar surface area (TPSA) is 67.7 Å². The molecule has 0 N–H and O–H groups in total. The molecule has 2 aliphatic heterocycles. The summed E-state index contributed by atoms with van der Waals surface area (Å²) in [5, 5.41) is 4.32. The molecule has 7 nitrogen and oxygen atoms in total. The number of rotatable bonds is 5. The van der Waals surface area contributed by atoms with Crippen molar-refractivity contribution in [1.82, 2.24) is 19.0 Å². The molecular weight excluding hydrogens is 364 g/mol. The van der Waals surface area contributed by atoms with Crippen LogP contribution in [0, 0.1) is 12.8 Å². The van der Waals surface area contributed by atoms with Gasteiger partial charge in [-0.2, -0.15) is 9.40 Å². The largest absolute Gasteiger partial charge is 0.379 e. The number of ether oxygens (including phenoxy) is 1. The molecule has 0 amide bonds. The third-order valence-corrected chi connectivity index (χ3v) is 7.82. The predicted molar refractivity (Wildman–Crippen MR) is 96.3 cm³/mol. The third-order valence-electron chi connectivity index (χ3n) is 5.23. The Bertz CT molecular complexity index is 692. The highest BCUT2D eigenvalue weighted by Crippen LogP contribution is 2.31. The van der Waals surface area contributed by atoms with Crippen LogP contribution in [0.15, 0.2) is 4.90 Å². The van der Waals surface area contributed by atoms with Crippen molar-refractivity contribution in [2.24, 2.45) is 13.0 Å². The summed E-state index contributed by atoms with van der Waals surface area (Å²) in [5.74, 6) is 0.583. The lowest BCUT2D eigenvalue weighted by molar-refractivity contribution is 0.0343. The zero-order valence-corrected chi connectivity index (χ0v) is 16.5. The molecular formula is C16H27ClN4O3S. The van der Waals surface area contributed by atoms with E-state index in [1.165, 1.54) is 4.68 Å². The summed E-state index contributed by atoms with van der Waals surface area (Å²) in [7, 11) is -1.91. The average Bonchev–Trinajstić information content (AvgIpc) is 2.87. The second-order valence-electron chi connectivity index (χ2n) is 6.92. The van der Waals surface area contributed by atoms with E-state index < -0.39 is 10.0 Å². The molecule has 0 atom stereocenters. The Hall–Kier alpha value is -0.670. The standard InChI is InChI=1S/C16H27ClN4O3S/c1-13-15(16(17)19(2)18-13)25(22,23)21-7-4-14(5-8-21)3-6-20-9-11-24-12-10-20/h14H,3-12H2,1-2H3. The quantitative estimate of drug-likeness (QED) is 0.762. The SMILES string of the molecule is Cc1nn(C)c(Cl)c1S(=O)(=O)N1CCC(CCN2CCOCC2)CC1. The van der Waals surface area contributed by atoms with Gasteiger partial charge in [0.15, 0.2) is 0 Å². The number of halogens is 1. The van der Waals surface area contributed by atoms with Crippen LogP contribution in [-0.2, 0) is 21.8 Å². The van der Waals surface area contributed by atoms with Crippen molar-refractivity contribution in [1.29, 1.82) is 0 Å². The zero-order chi connectivity index (χ0) is 18.0. The lowest BCUT2D eigenvalue weighted by Gasteiger charge is -2.33. The van der Waals surface area contributed by atoms with Gasteiger partial charge in [0, 0.05) is 33.2 Å². The summed E-state index contributed by atoms with van der Waals surface area (Å²) in [6, 6.07) is 0. The molecule has 3 heterocycles. The fraction of sp³-hybridized carbons (Fsp3) is 0.812. The van der Waals surface area contributed by atoms with Crippen molar-refractivity contribution in [3.8, 4) is 0 Å². The van der Waals surface area contributed by atoms with Gasteiger partial charge in [-0.25, -0.2) is 8.42 Å². The maximum atomic E-state index is 12.9. The zero-order valence-electron chi connectivity index (χ0n) is 14.9. The van der Waals surface area contributed by atoms with Crippen LogP contribution in [0.5, 0.6) is 0 Å². The molecule has 0 aromatic carbocycles. The van der Waals surface area contributed by atoms with Crippen molar-refractivity contribution in [2.75, 3.05) is 45.9 Å². The monoisotopic (exact) mass is 390 g/mol. The van der Waals surface area contributed by atoms with Crippen LogP contribution in [0.25, 0.3) is 0 Å². The van der Waals surface area contributed by atoms with Crippen molar-refractivity contribution in [2.45, 2.75) is 31.1 Å². The maximum absolute atomic E-state index is 12.9. The molecule has 142 valence electrons. The van der Waals surface area contributed by atoms with Gasteiger partial charge in [0.25, 0.3) is 0 Å². The molecule has 2 saturated heterocycles. The van der Waals surface area contributed by atoms with Crippen molar-refractivity contribution in [3.63, 3.8) is 0 Å².